The summed E-state index contributed by atoms with van der Waals surface area (Å²) in [6, 6.07) is 3.58. The minimum Gasteiger partial charge on any atom is -0.339 e. The zero-order chi connectivity index (χ0) is 12.4. The predicted octanol–water partition coefficient (Wildman–Crippen LogP) is 1.06. The van der Waals surface area contributed by atoms with Crippen LogP contribution in [0.4, 0.5) is 5.95 Å². The molecule has 0 aliphatic heterocycles. The summed E-state index contributed by atoms with van der Waals surface area (Å²) in [5, 5.41) is 0.449. The number of halogens is 1. The normalized spacial score (nSPS) is 10.5. The van der Waals surface area contributed by atoms with E-state index in [1.165, 1.54) is 4.74 Å². The maximum atomic E-state index is 11.0. The molecule has 2 heterocycles. The lowest BCUT2D eigenvalue weighted by Gasteiger charge is -2.16. The summed E-state index contributed by atoms with van der Waals surface area (Å²) < 4.78 is 6.09. The van der Waals surface area contributed by atoms with Gasteiger partial charge in [-0.25, -0.2) is 9.78 Å². The Labute approximate surface area is 102 Å². The topological polar surface area (TPSA) is 64.2 Å². The molecule has 90 valence electrons. The van der Waals surface area contributed by atoms with Crippen molar-refractivity contribution in [3.05, 3.63) is 39.6 Å². The van der Waals surface area contributed by atoms with Crippen LogP contribution in [0, 0.1) is 0 Å². The second kappa shape index (κ2) is 4.58. The first-order valence-electron chi connectivity index (χ1n) is 4.92. The van der Waals surface area contributed by atoms with Gasteiger partial charge in [0.1, 0.15) is 5.15 Å². The molecule has 0 spiro atoms. The summed E-state index contributed by atoms with van der Waals surface area (Å²) in [6.07, 6.45) is 1.68. The van der Waals surface area contributed by atoms with Gasteiger partial charge < -0.3 is 9.42 Å². The molecule has 0 bridgehead atoms. The predicted molar refractivity (Wildman–Crippen MR) is 63.1 cm³/mol. The van der Waals surface area contributed by atoms with Crippen LogP contribution in [-0.4, -0.2) is 21.8 Å². The first-order chi connectivity index (χ1) is 8.06. The molecule has 2 aromatic rings. The van der Waals surface area contributed by atoms with E-state index >= 15 is 0 Å². The van der Waals surface area contributed by atoms with Crippen LogP contribution in [0.5, 0.6) is 0 Å². The van der Waals surface area contributed by atoms with Crippen molar-refractivity contribution in [3.63, 3.8) is 0 Å². The molecule has 0 aliphatic carbocycles. The fourth-order valence-electron chi connectivity index (χ4n) is 1.50. The molecule has 0 aromatic carbocycles. The van der Waals surface area contributed by atoms with Gasteiger partial charge in [-0.1, -0.05) is 17.7 Å². The monoisotopic (exact) mass is 254 g/mol. The van der Waals surface area contributed by atoms with Crippen LogP contribution in [-0.2, 0) is 13.6 Å². The van der Waals surface area contributed by atoms with E-state index in [1.54, 1.807) is 24.2 Å². The van der Waals surface area contributed by atoms with Crippen LogP contribution in [0.2, 0.25) is 5.15 Å². The van der Waals surface area contributed by atoms with Crippen molar-refractivity contribution < 1.29 is 4.52 Å². The molecule has 0 amide bonds. The summed E-state index contributed by atoms with van der Waals surface area (Å²) in [4.78, 5) is 20.5. The second-order valence-corrected chi connectivity index (χ2v) is 4.00. The lowest BCUT2D eigenvalue weighted by atomic mass is 10.3. The Morgan fingerprint density at radius 2 is 2.29 bits per heavy atom. The zero-order valence-corrected chi connectivity index (χ0v) is 10.2. The first kappa shape index (κ1) is 11.7. The van der Waals surface area contributed by atoms with Gasteiger partial charge in [-0.3, -0.25) is 0 Å². The molecule has 6 nitrogen and oxygen atoms in total. The number of anilines is 1. The number of aryl methyl sites for hydroxylation is 1. The van der Waals surface area contributed by atoms with Gasteiger partial charge in [0.05, 0.1) is 0 Å². The summed E-state index contributed by atoms with van der Waals surface area (Å²) in [5.41, 5.74) is 0.965. The van der Waals surface area contributed by atoms with E-state index in [2.05, 4.69) is 9.97 Å². The summed E-state index contributed by atoms with van der Waals surface area (Å²) in [5.74, 6) is -0.145. The highest BCUT2D eigenvalue weighted by atomic mass is 35.5. The van der Waals surface area contributed by atoms with E-state index in [-0.39, 0.29) is 0 Å². The third kappa shape index (κ3) is 2.65. The molecule has 2 aromatic heterocycles. The zero-order valence-electron chi connectivity index (χ0n) is 9.42. The second-order valence-electron chi connectivity index (χ2n) is 3.61. The standard InChI is InChI=1S/C10H11ClN4O2/c1-14(9-13-10(16)17-15(9)2)6-7-3-4-8(11)12-5-7/h3-5H,6H2,1-2H3. The Kier molecular flexibility index (Phi) is 3.14. The van der Waals surface area contributed by atoms with Gasteiger partial charge >= 0.3 is 5.76 Å². The Hall–Kier alpha value is -1.82. The lowest BCUT2D eigenvalue weighted by Crippen LogP contribution is -2.20. The van der Waals surface area contributed by atoms with Crippen molar-refractivity contribution >= 4 is 17.5 Å². The lowest BCUT2D eigenvalue weighted by molar-refractivity contribution is 0.284. The van der Waals surface area contributed by atoms with E-state index < -0.39 is 5.76 Å². The molecule has 0 radical (unpaired) electrons. The maximum absolute atomic E-state index is 11.0. The number of hydrogen-bond donors (Lipinski definition) is 0. The Balaban J connectivity index is 2.16. The average Bonchev–Trinajstić information content (AvgIpc) is 2.61. The van der Waals surface area contributed by atoms with Gasteiger partial charge in [-0.05, 0) is 11.6 Å². The Morgan fingerprint density at radius 1 is 1.53 bits per heavy atom. The minimum atomic E-state index is -0.608. The summed E-state index contributed by atoms with van der Waals surface area (Å²) in [7, 11) is 3.44. The molecular formula is C10H11ClN4O2. The Morgan fingerprint density at radius 3 is 2.82 bits per heavy atom. The molecule has 2 rings (SSSR count). The van der Waals surface area contributed by atoms with E-state index in [0.717, 1.165) is 5.56 Å². The van der Waals surface area contributed by atoms with Crippen LogP contribution in [0.25, 0.3) is 0 Å². The van der Waals surface area contributed by atoms with Crippen molar-refractivity contribution in [2.45, 2.75) is 6.54 Å². The molecule has 0 saturated carbocycles. The van der Waals surface area contributed by atoms with Gasteiger partial charge in [-0.2, -0.15) is 4.74 Å². The van der Waals surface area contributed by atoms with Crippen LogP contribution in [0.1, 0.15) is 5.56 Å². The van der Waals surface area contributed by atoms with Crippen molar-refractivity contribution in [1.29, 1.82) is 0 Å². The molecule has 0 unspecified atom stereocenters. The Bertz CT molecular complexity index is 560. The van der Waals surface area contributed by atoms with Crippen molar-refractivity contribution in [2.24, 2.45) is 7.05 Å². The van der Waals surface area contributed by atoms with Gasteiger partial charge in [0, 0.05) is 26.8 Å². The third-order valence-corrected chi connectivity index (χ3v) is 2.46. The third-order valence-electron chi connectivity index (χ3n) is 2.24. The SMILES string of the molecule is CN(Cc1ccc(Cl)nc1)c1nc(=O)on1C. The fraction of sp³-hybridized carbons (Fsp3) is 0.300. The van der Waals surface area contributed by atoms with Crippen molar-refractivity contribution in [2.75, 3.05) is 11.9 Å². The molecule has 0 N–H and O–H groups in total. The molecule has 0 fully saturated rings. The van der Waals surface area contributed by atoms with Gasteiger partial charge in [0.2, 0.25) is 5.95 Å². The molecular weight excluding hydrogens is 244 g/mol. The van der Waals surface area contributed by atoms with Crippen LogP contribution in [0.3, 0.4) is 0 Å². The van der Waals surface area contributed by atoms with Gasteiger partial charge in [0.15, 0.2) is 0 Å². The molecule has 0 aliphatic rings. The summed E-state index contributed by atoms with van der Waals surface area (Å²) in [6.45, 7) is 0.560. The molecule has 0 saturated heterocycles. The number of hydrogen-bond acceptors (Lipinski definition) is 5. The van der Waals surface area contributed by atoms with Crippen molar-refractivity contribution in [3.8, 4) is 0 Å². The van der Waals surface area contributed by atoms with Crippen LogP contribution < -0.4 is 10.7 Å². The van der Waals surface area contributed by atoms with Crippen molar-refractivity contribution in [1.82, 2.24) is 14.7 Å². The van der Waals surface area contributed by atoms with Crippen LogP contribution >= 0.6 is 11.6 Å². The number of pyridine rings is 1. The number of nitrogens with zero attached hydrogens (tertiary/aromatic N) is 4. The first-order valence-corrected chi connectivity index (χ1v) is 5.30. The molecule has 0 atom stereocenters. The average molecular weight is 255 g/mol. The highest BCUT2D eigenvalue weighted by Crippen LogP contribution is 2.11. The van der Waals surface area contributed by atoms with Gasteiger partial charge in [-0.15, -0.1) is 4.98 Å². The van der Waals surface area contributed by atoms with E-state index in [0.29, 0.717) is 17.6 Å². The fourth-order valence-corrected chi connectivity index (χ4v) is 1.61. The number of aromatic nitrogens is 3. The highest BCUT2D eigenvalue weighted by molar-refractivity contribution is 6.29. The van der Waals surface area contributed by atoms with E-state index in [9.17, 15) is 4.79 Å². The maximum Gasteiger partial charge on any atom is 0.461 e. The highest BCUT2D eigenvalue weighted by Gasteiger charge is 2.11. The smallest absolute Gasteiger partial charge is 0.339 e. The number of rotatable bonds is 3. The van der Waals surface area contributed by atoms with E-state index in [4.69, 9.17) is 16.1 Å². The van der Waals surface area contributed by atoms with E-state index in [1.807, 2.05) is 13.1 Å². The molecule has 7 heteroatoms. The quantitative estimate of drug-likeness (QED) is 0.767. The minimum absolute atomic E-state index is 0.449. The molecule has 17 heavy (non-hydrogen) atoms. The largest absolute Gasteiger partial charge is 0.461 e. The van der Waals surface area contributed by atoms with Gasteiger partial charge in [0.25, 0.3) is 0 Å². The summed E-state index contributed by atoms with van der Waals surface area (Å²) >= 11 is 5.70. The van der Waals surface area contributed by atoms with Crippen LogP contribution in [0.15, 0.2) is 27.6 Å².